The van der Waals surface area contributed by atoms with Crippen LogP contribution in [0, 0.1) is 13.8 Å². The summed E-state index contributed by atoms with van der Waals surface area (Å²) in [4.78, 5) is 12.3. The van der Waals surface area contributed by atoms with E-state index < -0.39 is 0 Å². The van der Waals surface area contributed by atoms with E-state index in [2.05, 4.69) is 11.5 Å². The van der Waals surface area contributed by atoms with Crippen molar-refractivity contribution in [3.63, 3.8) is 0 Å². The molecule has 1 aromatic heterocycles. The molecule has 0 aliphatic rings. The van der Waals surface area contributed by atoms with Crippen LogP contribution in [0.2, 0.25) is 0 Å². The summed E-state index contributed by atoms with van der Waals surface area (Å²) in [5.74, 6) is 1.19. The van der Waals surface area contributed by atoms with E-state index in [4.69, 9.17) is 9.47 Å². The molecule has 0 aliphatic carbocycles. The van der Waals surface area contributed by atoms with E-state index in [1.807, 2.05) is 38.1 Å². The molecule has 0 saturated heterocycles. The third-order valence-corrected chi connectivity index (χ3v) is 3.62. The summed E-state index contributed by atoms with van der Waals surface area (Å²) in [7, 11) is 1.58. The fourth-order valence-electron chi connectivity index (χ4n) is 2.53. The lowest BCUT2D eigenvalue weighted by atomic mass is 10.1. The van der Waals surface area contributed by atoms with Gasteiger partial charge in [-0.05, 0) is 39.0 Å². The number of ether oxygens (including phenoxy) is 2. The smallest absolute Gasteiger partial charge is 0.202 e. The second-order valence-electron chi connectivity index (χ2n) is 4.89. The molecule has 0 saturated carbocycles. The summed E-state index contributed by atoms with van der Waals surface area (Å²) in [6.45, 7) is 6.91. The highest BCUT2D eigenvalue weighted by Gasteiger charge is 2.16. The van der Waals surface area contributed by atoms with E-state index in [1.165, 1.54) is 0 Å². The first-order chi connectivity index (χ1) is 10.1. The summed E-state index contributed by atoms with van der Waals surface area (Å²) in [5, 5.41) is 0. The van der Waals surface area contributed by atoms with Crippen molar-refractivity contribution < 1.29 is 14.3 Å². The molecule has 0 aliphatic heterocycles. The Labute approximate surface area is 125 Å². The molecule has 2 aromatic rings. The Morgan fingerprint density at radius 3 is 2.43 bits per heavy atom. The molecular weight excluding hydrogens is 266 g/mol. The summed E-state index contributed by atoms with van der Waals surface area (Å²) in [5.41, 5.74) is 2.81. The van der Waals surface area contributed by atoms with E-state index in [-0.39, 0.29) is 12.4 Å². The van der Waals surface area contributed by atoms with Crippen molar-refractivity contribution in [2.45, 2.75) is 27.3 Å². The Bertz CT molecular complexity index is 643. The van der Waals surface area contributed by atoms with Crippen molar-refractivity contribution in [1.82, 2.24) is 4.57 Å². The molecule has 0 unspecified atom stereocenters. The topological polar surface area (TPSA) is 40.5 Å². The van der Waals surface area contributed by atoms with Crippen molar-refractivity contribution in [2.24, 2.45) is 0 Å². The lowest BCUT2D eigenvalue weighted by Gasteiger charge is -2.10. The molecular formula is C17H21NO3. The maximum absolute atomic E-state index is 12.3. The number of Topliss-reactive ketones (excluding diaryl/α,β-unsaturated/α-hetero) is 1. The van der Waals surface area contributed by atoms with Gasteiger partial charge in [0.2, 0.25) is 5.78 Å². The Morgan fingerprint density at radius 2 is 1.86 bits per heavy atom. The number of methoxy groups -OCH3 is 1. The van der Waals surface area contributed by atoms with Gasteiger partial charge < -0.3 is 14.0 Å². The zero-order valence-electron chi connectivity index (χ0n) is 13.0. The molecule has 1 heterocycles. The number of benzene rings is 1. The Balaban J connectivity index is 2.12. The largest absolute Gasteiger partial charge is 0.493 e. The van der Waals surface area contributed by atoms with Gasteiger partial charge in [-0.25, -0.2) is 0 Å². The number of hydrogen-bond acceptors (Lipinski definition) is 3. The van der Waals surface area contributed by atoms with Crippen LogP contribution in [0.25, 0.3) is 0 Å². The van der Waals surface area contributed by atoms with Crippen LogP contribution in [0.15, 0.2) is 30.3 Å². The van der Waals surface area contributed by atoms with Crippen molar-refractivity contribution in [2.75, 3.05) is 13.7 Å². The van der Waals surface area contributed by atoms with E-state index in [1.54, 1.807) is 13.2 Å². The number of para-hydroxylation sites is 2. The summed E-state index contributed by atoms with van der Waals surface area (Å²) in [6.07, 6.45) is 0. The number of ketones is 1. The van der Waals surface area contributed by atoms with Gasteiger partial charge in [0, 0.05) is 23.5 Å². The molecule has 4 nitrogen and oxygen atoms in total. The van der Waals surface area contributed by atoms with Crippen LogP contribution >= 0.6 is 0 Å². The van der Waals surface area contributed by atoms with Crippen LogP contribution in [-0.2, 0) is 6.54 Å². The fourth-order valence-corrected chi connectivity index (χ4v) is 2.53. The average Bonchev–Trinajstić information content (AvgIpc) is 2.79. The molecule has 0 N–H and O–H groups in total. The molecule has 4 heteroatoms. The number of hydrogen-bond donors (Lipinski definition) is 0. The van der Waals surface area contributed by atoms with E-state index >= 15 is 0 Å². The first kappa shape index (κ1) is 15.2. The molecule has 2 rings (SSSR count). The van der Waals surface area contributed by atoms with Crippen LogP contribution in [-0.4, -0.2) is 24.1 Å². The SMILES string of the molecule is CCn1c(C)cc(C(=O)COc2ccccc2OC)c1C. The van der Waals surface area contributed by atoms with Crippen molar-refractivity contribution in [3.8, 4) is 11.5 Å². The van der Waals surface area contributed by atoms with Crippen LogP contribution in [0.3, 0.4) is 0 Å². The van der Waals surface area contributed by atoms with Gasteiger partial charge >= 0.3 is 0 Å². The predicted molar refractivity (Wildman–Crippen MR) is 82.4 cm³/mol. The summed E-state index contributed by atoms with van der Waals surface area (Å²) < 4.78 is 12.9. The zero-order chi connectivity index (χ0) is 15.4. The van der Waals surface area contributed by atoms with Gasteiger partial charge in [0.05, 0.1) is 7.11 Å². The number of rotatable bonds is 6. The monoisotopic (exact) mass is 287 g/mol. The van der Waals surface area contributed by atoms with Gasteiger partial charge in [-0.15, -0.1) is 0 Å². The number of aryl methyl sites for hydroxylation is 1. The second-order valence-corrected chi connectivity index (χ2v) is 4.89. The van der Waals surface area contributed by atoms with Crippen molar-refractivity contribution in [1.29, 1.82) is 0 Å². The summed E-state index contributed by atoms with van der Waals surface area (Å²) >= 11 is 0. The minimum Gasteiger partial charge on any atom is -0.493 e. The second kappa shape index (κ2) is 6.48. The minimum atomic E-state index is -0.0197. The first-order valence-electron chi connectivity index (χ1n) is 7.04. The minimum absolute atomic E-state index is 0.00831. The molecule has 0 amide bonds. The molecule has 21 heavy (non-hydrogen) atoms. The predicted octanol–water partition coefficient (Wildman–Crippen LogP) is 3.40. The van der Waals surface area contributed by atoms with Crippen LogP contribution in [0.1, 0.15) is 28.7 Å². The maximum Gasteiger partial charge on any atom is 0.202 e. The lowest BCUT2D eigenvalue weighted by Crippen LogP contribution is -2.13. The molecule has 1 aromatic carbocycles. The van der Waals surface area contributed by atoms with Gasteiger partial charge in [-0.3, -0.25) is 4.79 Å². The van der Waals surface area contributed by atoms with Crippen molar-refractivity contribution >= 4 is 5.78 Å². The lowest BCUT2D eigenvalue weighted by molar-refractivity contribution is 0.0918. The molecule has 0 atom stereocenters. The standard InChI is InChI=1S/C17H21NO3/c1-5-18-12(2)10-14(13(18)3)15(19)11-21-17-9-7-6-8-16(17)20-4/h6-10H,5,11H2,1-4H3. The molecule has 0 bridgehead atoms. The normalized spacial score (nSPS) is 10.5. The summed E-state index contributed by atoms with van der Waals surface area (Å²) in [6, 6.07) is 9.24. The molecule has 0 radical (unpaired) electrons. The van der Waals surface area contributed by atoms with Gasteiger partial charge in [0.1, 0.15) is 0 Å². The van der Waals surface area contributed by atoms with E-state index in [9.17, 15) is 4.79 Å². The Morgan fingerprint density at radius 1 is 1.19 bits per heavy atom. The maximum atomic E-state index is 12.3. The molecule has 112 valence electrons. The van der Waals surface area contributed by atoms with E-state index in [0.29, 0.717) is 11.5 Å². The highest BCUT2D eigenvalue weighted by molar-refractivity contribution is 5.98. The molecule has 0 fully saturated rings. The highest BCUT2D eigenvalue weighted by Crippen LogP contribution is 2.26. The third kappa shape index (κ3) is 3.10. The van der Waals surface area contributed by atoms with Gasteiger partial charge in [0.25, 0.3) is 0 Å². The fraction of sp³-hybridized carbons (Fsp3) is 0.353. The quantitative estimate of drug-likeness (QED) is 0.765. The molecule has 0 spiro atoms. The van der Waals surface area contributed by atoms with Crippen LogP contribution < -0.4 is 9.47 Å². The Kier molecular flexibility index (Phi) is 4.68. The number of aromatic nitrogens is 1. The Hall–Kier alpha value is -2.23. The number of carbonyl (C=O) groups excluding carboxylic acids is 1. The third-order valence-electron chi connectivity index (χ3n) is 3.62. The van der Waals surface area contributed by atoms with Crippen LogP contribution in [0.4, 0.5) is 0 Å². The zero-order valence-corrected chi connectivity index (χ0v) is 13.0. The van der Waals surface area contributed by atoms with Gasteiger partial charge in [-0.2, -0.15) is 0 Å². The van der Waals surface area contributed by atoms with Crippen molar-refractivity contribution in [3.05, 3.63) is 47.3 Å². The van der Waals surface area contributed by atoms with Crippen LogP contribution in [0.5, 0.6) is 11.5 Å². The number of nitrogens with zero attached hydrogens (tertiary/aromatic N) is 1. The average molecular weight is 287 g/mol. The van der Waals surface area contributed by atoms with E-state index in [0.717, 1.165) is 23.5 Å². The first-order valence-corrected chi connectivity index (χ1v) is 7.04. The van der Waals surface area contributed by atoms with Gasteiger partial charge in [-0.1, -0.05) is 12.1 Å². The number of carbonyl (C=O) groups is 1. The van der Waals surface area contributed by atoms with Gasteiger partial charge in [0.15, 0.2) is 18.1 Å². The highest BCUT2D eigenvalue weighted by atomic mass is 16.5.